The number of carbonyl (C=O) groups excluding carboxylic acids is 1. The summed E-state index contributed by atoms with van der Waals surface area (Å²) >= 11 is 0. The van der Waals surface area contributed by atoms with Crippen molar-refractivity contribution in [2.24, 2.45) is 11.7 Å². The highest BCUT2D eigenvalue weighted by atomic mass is 35.5. The first-order chi connectivity index (χ1) is 6.30. The zero-order valence-corrected chi connectivity index (χ0v) is 10.3. The van der Waals surface area contributed by atoms with Crippen LogP contribution in [0.5, 0.6) is 0 Å². The van der Waals surface area contributed by atoms with Gasteiger partial charge in [-0.1, -0.05) is 0 Å². The monoisotopic (exact) mass is 234 g/mol. The van der Waals surface area contributed by atoms with Crippen molar-refractivity contribution in [1.29, 1.82) is 0 Å². The second-order valence-electron chi connectivity index (χ2n) is 5.50. The van der Waals surface area contributed by atoms with Gasteiger partial charge in [0, 0.05) is 18.6 Å². The summed E-state index contributed by atoms with van der Waals surface area (Å²) in [5, 5.41) is 0. The number of hydrogen-bond acceptors (Lipinski definition) is 3. The number of ether oxygens (including phenoxy) is 1. The van der Waals surface area contributed by atoms with Crippen LogP contribution >= 0.6 is 12.4 Å². The molecule has 2 atom stereocenters. The molecule has 0 radical (unpaired) electrons. The van der Waals surface area contributed by atoms with E-state index in [-0.39, 0.29) is 24.0 Å². The maximum atomic E-state index is 11.6. The summed E-state index contributed by atoms with van der Waals surface area (Å²) in [6, 6.07) is 0. The minimum Gasteiger partial charge on any atom is -0.444 e. The molecular formula is C10H19ClN2O2. The summed E-state index contributed by atoms with van der Waals surface area (Å²) in [5.41, 5.74) is 5.50. The Balaban J connectivity index is 0.00000112. The van der Waals surface area contributed by atoms with Gasteiger partial charge in [-0.2, -0.15) is 0 Å². The smallest absolute Gasteiger partial charge is 0.410 e. The number of halogens is 1. The quantitative estimate of drug-likeness (QED) is 0.689. The van der Waals surface area contributed by atoms with Crippen molar-refractivity contribution in [3.63, 3.8) is 0 Å². The van der Waals surface area contributed by atoms with Gasteiger partial charge in [0.25, 0.3) is 0 Å². The average Bonchev–Trinajstić information content (AvgIpc) is 2.47. The molecule has 2 fully saturated rings. The summed E-state index contributed by atoms with van der Waals surface area (Å²) in [6.45, 7) is 7.05. The van der Waals surface area contributed by atoms with Crippen LogP contribution in [0.15, 0.2) is 0 Å². The Labute approximate surface area is 96.5 Å². The molecule has 4 nitrogen and oxygen atoms in total. The van der Waals surface area contributed by atoms with Crippen LogP contribution in [0.2, 0.25) is 0 Å². The van der Waals surface area contributed by atoms with Gasteiger partial charge >= 0.3 is 6.09 Å². The predicted molar refractivity (Wildman–Crippen MR) is 60.1 cm³/mol. The van der Waals surface area contributed by atoms with E-state index >= 15 is 0 Å². The number of fused-ring (bicyclic) bond motifs is 1. The van der Waals surface area contributed by atoms with Crippen molar-refractivity contribution in [3.05, 3.63) is 0 Å². The highest BCUT2D eigenvalue weighted by Crippen LogP contribution is 2.47. The normalized spacial score (nSPS) is 33.1. The van der Waals surface area contributed by atoms with E-state index in [0.29, 0.717) is 12.5 Å². The van der Waals surface area contributed by atoms with Crippen molar-refractivity contribution in [2.75, 3.05) is 13.1 Å². The first-order valence-electron chi connectivity index (χ1n) is 5.07. The number of hydrogen-bond donors (Lipinski definition) is 1. The van der Waals surface area contributed by atoms with Gasteiger partial charge < -0.3 is 15.4 Å². The molecule has 1 saturated heterocycles. The third kappa shape index (κ3) is 2.55. The van der Waals surface area contributed by atoms with Gasteiger partial charge in [-0.25, -0.2) is 4.79 Å². The highest BCUT2D eigenvalue weighted by Gasteiger charge is 2.58. The molecule has 5 heteroatoms. The van der Waals surface area contributed by atoms with Crippen LogP contribution in [0.25, 0.3) is 0 Å². The molecule has 2 aliphatic rings. The Morgan fingerprint density at radius 2 is 2.13 bits per heavy atom. The fourth-order valence-corrected chi connectivity index (χ4v) is 1.99. The molecule has 88 valence electrons. The predicted octanol–water partition coefficient (Wildman–Crippen LogP) is 1.38. The van der Waals surface area contributed by atoms with Crippen LogP contribution in [0.4, 0.5) is 4.79 Å². The van der Waals surface area contributed by atoms with Crippen molar-refractivity contribution < 1.29 is 9.53 Å². The number of amides is 1. The number of nitrogens with two attached hydrogens (primary N) is 1. The second kappa shape index (κ2) is 3.52. The zero-order valence-electron chi connectivity index (χ0n) is 9.45. The lowest BCUT2D eigenvalue weighted by molar-refractivity contribution is 0.0271. The molecule has 1 amide bonds. The van der Waals surface area contributed by atoms with Crippen molar-refractivity contribution in [3.8, 4) is 0 Å². The molecule has 1 heterocycles. The lowest BCUT2D eigenvalue weighted by Crippen LogP contribution is -2.40. The van der Waals surface area contributed by atoms with E-state index in [0.717, 1.165) is 13.0 Å². The minimum absolute atomic E-state index is 0. The standard InChI is InChI=1S/C10H18N2O2.ClH/c1-9(2,3)14-8(13)12-5-7-4-10(7,11)6-12;/h7H,4-6,11H2,1-3H3;1H/t7-,10-;/m0./s1. The largest absolute Gasteiger partial charge is 0.444 e. The first-order valence-corrected chi connectivity index (χ1v) is 5.07. The van der Waals surface area contributed by atoms with Gasteiger partial charge in [0.05, 0.1) is 0 Å². The lowest BCUT2D eigenvalue weighted by atomic mass is 10.2. The van der Waals surface area contributed by atoms with E-state index < -0.39 is 5.60 Å². The van der Waals surface area contributed by atoms with Gasteiger partial charge in [0.15, 0.2) is 0 Å². The van der Waals surface area contributed by atoms with E-state index in [1.807, 2.05) is 20.8 Å². The molecule has 0 aromatic heterocycles. The molecule has 15 heavy (non-hydrogen) atoms. The van der Waals surface area contributed by atoms with Crippen LogP contribution in [0.3, 0.4) is 0 Å². The molecule has 1 aliphatic heterocycles. The lowest BCUT2D eigenvalue weighted by Gasteiger charge is -2.25. The minimum atomic E-state index is -0.411. The van der Waals surface area contributed by atoms with Crippen LogP contribution < -0.4 is 5.73 Å². The van der Waals surface area contributed by atoms with E-state index in [9.17, 15) is 4.79 Å². The summed E-state index contributed by atoms with van der Waals surface area (Å²) in [5.74, 6) is 0.509. The summed E-state index contributed by atoms with van der Waals surface area (Å²) < 4.78 is 5.27. The third-order valence-corrected chi connectivity index (χ3v) is 2.86. The van der Waals surface area contributed by atoms with Gasteiger partial charge in [-0.05, 0) is 33.1 Å². The Hall–Kier alpha value is -0.480. The maximum absolute atomic E-state index is 11.6. The Morgan fingerprint density at radius 3 is 2.53 bits per heavy atom. The number of nitrogens with zero attached hydrogens (tertiary/aromatic N) is 1. The molecule has 1 aliphatic carbocycles. The van der Waals surface area contributed by atoms with E-state index in [2.05, 4.69) is 0 Å². The van der Waals surface area contributed by atoms with Crippen molar-refractivity contribution in [2.45, 2.75) is 38.3 Å². The topological polar surface area (TPSA) is 55.6 Å². The molecule has 2 rings (SSSR count). The molecule has 1 saturated carbocycles. The molecule has 0 spiro atoms. The molecule has 0 aromatic rings. The van der Waals surface area contributed by atoms with Gasteiger partial charge in [0.1, 0.15) is 5.60 Å². The van der Waals surface area contributed by atoms with Crippen LogP contribution in [0, 0.1) is 5.92 Å². The Kier molecular flexibility index (Phi) is 2.96. The molecule has 2 N–H and O–H groups in total. The maximum Gasteiger partial charge on any atom is 0.410 e. The van der Waals surface area contributed by atoms with Crippen LogP contribution in [-0.4, -0.2) is 35.2 Å². The number of piperidine rings is 1. The summed E-state index contributed by atoms with van der Waals surface area (Å²) in [7, 11) is 0. The van der Waals surface area contributed by atoms with Gasteiger partial charge in [-0.3, -0.25) is 0 Å². The van der Waals surface area contributed by atoms with Gasteiger partial charge in [-0.15, -0.1) is 12.4 Å². The number of carbonyl (C=O) groups is 1. The average molecular weight is 235 g/mol. The fraction of sp³-hybridized carbons (Fsp3) is 0.900. The summed E-state index contributed by atoms with van der Waals surface area (Å²) in [4.78, 5) is 13.3. The SMILES string of the molecule is CC(C)(C)OC(=O)N1C[C@@H]2C[C@]2(N)C1.Cl. The molecule has 0 aromatic carbocycles. The Bertz CT molecular complexity index is 277. The number of rotatable bonds is 0. The second-order valence-corrected chi connectivity index (χ2v) is 5.50. The third-order valence-electron chi connectivity index (χ3n) is 2.86. The zero-order chi connectivity index (χ0) is 10.6. The fourth-order valence-electron chi connectivity index (χ4n) is 1.99. The highest BCUT2D eigenvalue weighted by molar-refractivity contribution is 5.85. The van der Waals surface area contributed by atoms with E-state index in [1.54, 1.807) is 4.90 Å². The van der Waals surface area contributed by atoms with E-state index in [4.69, 9.17) is 10.5 Å². The van der Waals surface area contributed by atoms with Gasteiger partial charge in [0.2, 0.25) is 0 Å². The van der Waals surface area contributed by atoms with Crippen LogP contribution in [0.1, 0.15) is 27.2 Å². The van der Waals surface area contributed by atoms with Crippen molar-refractivity contribution in [1.82, 2.24) is 4.90 Å². The van der Waals surface area contributed by atoms with Crippen molar-refractivity contribution >= 4 is 18.5 Å². The van der Waals surface area contributed by atoms with E-state index in [1.165, 1.54) is 0 Å². The Morgan fingerprint density at radius 1 is 1.53 bits per heavy atom. The first kappa shape index (κ1) is 12.6. The molecule has 0 unspecified atom stereocenters. The molecular weight excluding hydrogens is 216 g/mol. The number of likely N-dealkylation sites (tertiary alicyclic amines) is 1. The van der Waals surface area contributed by atoms with Crippen LogP contribution in [-0.2, 0) is 4.74 Å². The summed E-state index contributed by atoms with van der Waals surface area (Å²) in [6.07, 6.45) is 0.835. The molecule has 0 bridgehead atoms.